The lowest BCUT2D eigenvalue weighted by molar-refractivity contribution is -0.118. The Balaban J connectivity index is 1.70. The molecule has 0 radical (unpaired) electrons. The Bertz CT molecular complexity index is 1020. The van der Waals surface area contributed by atoms with Crippen LogP contribution < -0.4 is 21.2 Å². The van der Waals surface area contributed by atoms with Gasteiger partial charge in [-0.25, -0.2) is 0 Å². The van der Waals surface area contributed by atoms with Crippen molar-refractivity contribution in [3.63, 3.8) is 0 Å². The van der Waals surface area contributed by atoms with E-state index in [-0.39, 0.29) is 12.5 Å². The Morgan fingerprint density at radius 1 is 1.04 bits per heavy atom. The number of anilines is 1. The number of aromatic nitrogens is 2. The number of benzene rings is 2. The van der Waals surface area contributed by atoms with Gasteiger partial charge in [0.2, 0.25) is 0 Å². The van der Waals surface area contributed by atoms with Crippen molar-refractivity contribution in [1.29, 1.82) is 0 Å². The van der Waals surface area contributed by atoms with Gasteiger partial charge in [0.05, 0.1) is 11.0 Å². The van der Waals surface area contributed by atoms with Crippen LogP contribution >= 0.6 is 0 Å². The number of carbonyl (C=O) groups excluding carboxylic acids is 1. The van der Waals surface area contributed by atoms with Crippen molar-refractivity contribution in [2.75, 3.05) is 11.9 Å². The topological polar surface area (TPSA) is 104 Å². The van der Waals surface area contributed by atoms with Crippen molar-refractivity contribution in [3.05, 3.63) is 68.7 Å². The molecule has 0 saturated carbocycles. The molecule has 24 heavy (non-hydrogen) atoms. The van der Waals surface area contributed by atoms with Crippen LogP contribution in [-0.4, -0.2) is 22.5 Å². The number of ether oxygens (including phenoxy) is 1. The molecule has 0 unspecified atom stereocenters. The molecule has 0 fully saturated rings. The fraction of sp³-hybridized carbons (Fsp3) is 0.118. The van der Waals surface area contributed by atoms with Gasteiger partial charge >= 0.3 is 11.1 Å². The van der Waals surface area contributed by atoms with E-state index in [1.807, 2.05) is 25.1 Å². The molecule has 0 aliphatic heterocycles. The molecule has 7 heteroatoms. The van der Waals surface area contributed by atoms with Crippen LogP contribution in [0.25, 0.3) is 11.0 Å². The average Bonchev–Trinajstić information content (AvgIpc) is 2.54. The summed E-state index contributed by atoms with van der Waals surface area (Å²) in [7, 11) is 0. The highest BCUT2D eigenvalue weighted by atomic mass is 16.5. The number of amides is 1. The van der Waals surface area contributed by atoms with Crippen LogP contribution in [-0.2, 0) is 4.79 Å². The molecule has 3 rings (SSSR count). The van der Waals surface area contributed by atoms with Crippen molar-refractivity contribution < 1.29 is 9.53 Å². The third-order valence-electron chi connectivity index (χ3n) is 3.37. The first kappa shape index (κ1) is 15.5. The maximum atomic E-state index is 12.0. The van der Waals surface area contributed by atoms with Gasteiger partial charge in [-0.3, -0.25) is 14.4 Å². The molecule has 1 aromatic heterocycles. The van der Waals surface area contributed by atoms with Crippen molar-refractivity contribution in [3.8, 4) is 5.75 Å². The lowest BCUT2D eigenvalue weighted by Crippen LogP contribution is -2.29. The molecule has 122 valence electrons. The van der Waals surface area contributed by atoms with E-state index < -0.39 is 11.1 Å². The summed E-state index contributed by atoms with van der Waals surface area (Å²) in [4.78, 5) is 39.5. The second-order valence-corrected chi connectivity index (χ2v) is 5.32. The minimum Gasteiger partial charge on any atom is -0.484 e. The van der Waals surface area contributed by atoms with Gasteiger partial charge < -0.3 is 20.0 Å². The smallest absolute Gasteiger partial charge is 0.314 e. The lowest BCUT2D eigenvalue weighted by atomic mass is 10.2. The van der Waals surface area contributed by atoms with Crippen molar-refractivity contribution >= 4 is 22.6 Å². The van der Waals surface area contributed by atoms with Crippen LogP contribution in [0.1, 0.15) is 5.56 Å². The Kier molecular flexibility index (Phi) is 4.15. The number of hydrogen-bond donors (Lipinski definition) is 3. The molecule has 3 N–H and O–H groups in total. The highest BCUT2D eigenvalue weighted by Gasteiger charge is 2.06. The molecule has 0 atom stereocenters. The van der Waals surface area contributed by atoms with Crippen molar-refractivity contribution in [2.45, 2.75) is 6.92 Å². The number of hydrogen-bond acceptors (Lipinski definition) is 4. The van der Waals surface area contributed by atoms with E-state index in [0.717, 1.165) is 5.56 Å². The van der Waals surface area contributed by atoms with E-state index in [9.17, 15) is 14.4 Å². The number of nitrogens with one attached hydrogen (secondary N) is 3. The van der Waals surface area contributed by atoms with E-state index in [4.69, 9.17) is 4.74 Å². The summed E-state index contributed by atoms with van der Waals surface area (Å²) in [5.41, 5.74) is 0.980. The molecule has 0 bridgehead atoms. The Morgan fingerprint density at radius 3 is 2.54 bits per heavy atom. The molecule has 0 aliphatic carbocycles. The van der Waals surface area contributed by atoms with Crippen LogP contribution in [0, 0.1) is 6.92 Å². The maximum absolute atomic E-state index is 12.0. The van der Waals surface area contributed by atoms with Gasteiger partial charge in [-0.2, -0.15) is 0 Å². The van der Waals surface area contributed by atoms with Gasteiger partial charge in [0.1, 0.15) is 5.75 Å². The zero-order valence-corrected chi connectivity index (χ0v) is 12.9. The predicted octanol–water partition coefficient (Wildman–Crippen LogP) is 1.54. The minimum atomic E-state index is -0.742. The third kappa shape index (κ3) is 3.52. The van der Waals surface area contributed by atoms with E-state index >= 15 is 0 Å². The summed E-state index contributed by atoms with van der Waals surface area (Å²) in [6, 6.07) is 12.2. The van der Waals surface area contributed by atoms with Gasteiger partial charge in [-0.1, -0.05) is 12.1 Å². The average molecular weight is 325 g/mol. The third-order valence-corrected chi connectivity index (χ3v) is 3.37. The number of carbonyl (C=O) groups is 1. The molecular weight excluding hydrogens is 310 g/mol. The predicted molar refractivity (Wildman–Crippen MR) is 90.5 cm³/mol. The van der Waals surface area contributed by atoms with Crippen molar-refractivity contribution in [2.24, 2.45) is 0 Å². The number of aromatic amines is 2. The molecule has 3 aromatic rings. The first-order valence-corrected chi connectivity index (χ1v) is 7.27. The summed E-state index contributed by atoms with van der Waals surface area (Å²) in [6.45, 7) is 1.80. The second-order valence-electron chi connectivity index (χ2n) is 5.32. The Hall–Kier alpha value is -3.35. The largest absolute Gasteiger partial charge is 0.484 e. The molecule has 0 saturated heterocycles. The second kappa shape index (κ2) is 6.41. The first-order valence-electron chi connectivity index (χ1n) is 7.27. The summed E-state index contributed by atoms with van der Waals surface area (Å²) < 4.78 is 5.43. The highest BCUT2D eigenvalue weighted by Crippen LogP contribution is 2.15. The number of H-pyrrole nitrogens is 2. The van der Waals surface area contributed by atoms with E-state index in [0.29, 0.717) is 22.5 Å². The van der Waals surface area contributed by atoms with Gasteiger partial charge in [0.15, 0.2) is 6.61 Å². The Morgan fingerprint density at radius 2 is 1.79 bits per heavy atom. The van der Waals surface area contributed by atoms with Crippen LogP contribution in [0.15, 0.2) is 52.1 Å². The number of rotatable bonds is 4. The molecule has 7 nitrogen and oxygen atoms in total. The zero-order chi connectivity index (χ0) is 17.1. The van der Waals surface area contributed by atoms with Crippen LogP contribution in [0.2, 0.25) is 0 Å². The van der Waals surface area contributed by atoms with Gasteiger partial charge in [-0.05, 0) is 42.8 Å². The highest BCUT2D eigenvalue weighted by molar-refractivity contribution is 5.93. The number of fused-ring (bicyclic) bond motifs is 1. The lowest BCUT2D eigenvalue weighted by Gasteiger charge is -2.08. The first-order chi connectivity index (χ1) is 11.5. The van der Waals surface area contributed by atoms with Gasteiger partial charge in [0, 0.05) is 5.69 Å². The molecule has 0 spiro atoms. The molecule has 1 amide bonds. The van der Waals surface area contributed by atoms with Crippen LogP contribution in [0.5, 0.6) is 5.75 Å². The molecule has 0 aliphatic rings. The van der Waals surface area contributed by atoms with Crippen molar-refractivity contribution in [1.82, 2.24) is 9.97 Å². The SMILES string of the molecule is Cc1cccc(OCC(=O)Nc2ccc3[nH]c(=O)c(=O)[nH]c3c2)c1. The summed E-state index contributed by atoms with van der Waals surface area (Å²) in [5.74, 6) is 0.285. The van der Waals surface area contributed by atoms with Gasteiger partial charge in [-0.15, -0.1) is 0 Å². The maximum Gasteiger partial charge on any atom is 0.314 e. The quantitative estimate of drug-likeness (QED) is 0.633. The fourth-order valence-electron chi connectivity index (χ4n) is 2.24. The van der Waals surface area contributed by atoms with E-state index in [2.05, 4.69) is 15.3 Å². The van der Waals surface area contributed by atoms with Crippen LogP contribution in [0.4, 0.5) is 5.69 Å². The van der Waals surface area contributed by atoms with E-state index in [1.54, 1.807) is 24.3 Å². The molecule has 2 aromatic carbocycles. The van der Waals surface area contributed by atoms with Gasteiger partial charge in [0.25, 0.3) is 5.91 Å². The molecule has 1 heterocycles. The number of aryl methyl sites for hydroxylation is 1. The monoisotopic (exact) mass is 325 g/mol. The summed E-state index contributed by atoms with van der Waals surface area (Å²) in [5, 5.41) is 2.68. The van der Waals surface area contributed by atoms with E-state index in [1.165, 1.54) is 0 Å². The summed E-state index contributed by atoms with van der Waals surface area (Å²) in [6.07, 6.45) is 0. The zero-order valence-electron chi connectivity index (χ0n) is 12.9. The normalized spacial score (nSPS) is 10.5. The standard InChI is InChI=1S/C17H15N3O4/c1-10-3-2-4-12(7-10)24-9-15(21)18-11-5-6-13-14(8-11)20-17(23)16(22)19-13/h2-8H,9H2,1H3,(H,18,21)(H,19,22)(H,20,23). The molecular formula is C17H15N3O4. The fourth-order valence-corrected chi connectivity index (χ4v) is 2.24. The minimum absolute atomic E-state index is 0.135. The Labute approximate surface area is 136 Å². The van der Waals surface area contributed by atoms with Crippen LogP contribution in [0.3, 0.4) is 0 Å². The summed E-state index contributed by atoms with van der Waals surface area (Å²) >= 11 is 0.